The molecule has 2 aromatic rings. The van der Waals surface area contributed by atoms with Crippen molar-refractivity contribution in [1.29, 1.82) is 0 Å². The average molecular weight is 291 g/mol. The Labute approximate surface area is 121 Å². The van der Waals surface area contributed by atoms with Gasteiger partial charge in [0.2, 0.25) is 0 Å². The van der Waals surface area contributed by atoms with Crippen molar-refractivity contribution in [1.82, 2.24) is 24.9 Å². The number of carboxylic acids is 1. The molecule has 2 heterocycles. The number of hydrogen-bond acceptors (Lipinski definition) is 5. The summed E-state index contributed by atoms with van der Waals surface area (Å²) in [5.74, 6) is -1.20. The molecule has 0 saturated heterocycles. The summed E-state index contributed by atoms with van der Waals surface area (Å²) >= 11 is 0. The van der Waals surface area contributed by atoms with E-state index in [4.69, 9.17) is 0 Å². The Bertz CT molecular complexity index is 701. The van der Waals surface area contributed by atoms with Crippen LogP contribution in [0.5, 0.6) is 0 Å². The highest BCUT2D eigenvalue weighted by Gasteiger charge is 2.33. The number of carbonyl (C=O) groups is 2. The minimum Gasteiger partial charge on any atom is -0.480 e. The Kier molecular flexibility index (Phi) is 3.63. The summed E-state index contributed by atoms with van der Waals surface area (Å²) in [5.41, 5.74) is 0.205. The maximum atomic E-state index is 12.3. The van der Waals surface area contributed by atoms with Crippen molar-refractivity contribution in [3.05, 3.63) is 23.8 Å². The van der Waals surface area contributed by atoms with Crippen molar-refractivity contribution in [2.75, 3.05) is 0 Å². The number of nitrogens with zero attached hydrogens (tertiary/aromatic N) is 4. The van der Waals surface area contributed by atoms with Gasteiger partial charge in [0.05, 0.1) is 11.3 Å². The van der Waals surface area contributed by atoms with Crippen molar-refractivity contribution in [2.45, 2.75) is 33.7 Å². The molecular weight excluding hydrogens is 274 g/mol. The number of amides is 1. The van der Waals surface area contributed by atoms with Crippen molar-refractivity contribution in [2.24, 2.45) is 5.41 Å². The second kappa shape index (κ2) is 5.12. The zero-order valence-corrected chi connectivity index (χ0v) is 12.3. The van der Waals surface area contributed by atoms with Crippen LogP contribution in [0, 0.1) is 12.3 Å². The lowest BCUT2D eigenvalue weighted by atomic mass is 9.86. The highest BCUT2D eigenvalue weighted by molar-refractivity contribution is 5.97. The Morgan fingerprint density at radius 3 is 2.57 bits per heavy atom. The Balaban J connectivity index is 2.34. The van der Waals surface area contributed by atoms with E-state index in [1.54, 1.807) is 27.7 Å². The summed E-state index contributed by atoms with van der Waals surface area (Å²) in [6.07, 6.45) is 2.71. The van der Waals surface area contributed by atoms with Crippen molar-refractivity contribution >= 4 is 17.7 Å². The second-order valence-corrected chi connectivity index (χ2v) is 5.84. The number of aromatic nitrogens is 4. The van der Waals surface area contributed by atoms with E-state index in [2.05, 4.69) is 20.4 Å². The number of carbonyl (C=O) groups excluding carboxylic acids is 1. The molecule has 0 saturated carbocycles. The van der Waals surface area contributed by atoms with E-state index < -0.39 is 23.3 Å². The minimum atomic E-state index is -1.08. The second-order valence-electron chi connectivity index (χ2n) is 5.84. The van der Waals surface area contributed by atoms with Crippen LogP contribution in [-0.4, -0.2) is 42.6 Å². The highest BCUT2D eigenvalue weighted by Crippen LogP contribution is 2.20. The molecule has 112 valence electrons. The van der Waals surface area contributed by atoms with Crippen LogP contribution in [0.15, 0.2) is 12.5 Å². The van der Waals surface area contributed by atoms with Gasteiger partial charge in [-0.05, 0) is 12.3 Å². The molecule has 21 heavy (non-hydrogen) atoms. The van der Waals surface area contributed by atoms with Crippen molar-refractivity contribution in [3.8, 4) is 0 Å². The van der Waals surface area contributed by atoms with Gasteiger partial charge in [-0.25, -0.2) is 14.3 Å². The zero-order chi connectivity index (χ0) is 15.8. The van der Waals surface area contributed by atoms with Crippen LogP contribution in [0.2, 0.25) is 0 Å². The standard InChI is InChI=1S/C13H17N5O3/c1-7-8(5-14-12-15-6-16-18(7)12)10(19)17-9(11(20)21)13(2,3)4/h5-6,9H,1-4H3,(H,17,19)(H,20,21). The predicted octanol–water partition coefficient (Wildman–Crippen LogP) is 0.662. The van der Waals surface area contributed by atoms with Crippen LogP contribution in [0.25, 0.3) is 5.78 Å². The third-order valence-corrected chi connectivity index (χ3v) is 3.18. The number of rotatable bonds is 3. The molecule has 2 aromatic heterocycles. The number of hydrogen-bond donors (Lipinski definition) is 2. The summed E-state index contributed by atoms with van der Waals surface area (Å²) < 4.78 is 1.43. The smallest absolute Gasteiger partial charge is 0.326 e. The maximum Gasteiger partial charge on any atom is 0.326 e. The number of fused-ring (bicyclic) bond motifs is 1. The van der Waals surface area contributed by atoms with E-state index in [9.17, 15) is 14.7 Å². The molecule has 2 rings (SSSR count). The molecule has 0 bridgehead atoms. The van der Waals surface area contributed by atoms with E-state index in [0.29, 0.717) is 11.5 Å². The zero-order valence-electron chi connectivity index (χ0n) is 12.3. The molecule has 1 atom stereocenters. The van der Waals surface area contributed by atoms with Gasteiger partial charge in [-0.15, -0.1) is 0 Å². The molecule has 0 spiro atoms. The van der Waals surface area contributed by atoms with Gasteiger partial charge < -0.3 is 10.4 Å². The molecular formula is C13H17N5O3. The van der Waals surface area contributed by atoms with E-state index in [1.165, 1.54) is 17.0 Å². The number of carboxylic acid groups (broad SMARTS) is 1. The van der Waals surface area contributed by atoms with Gasteiger partial charge in [0.25, 0.3) is 11.7 Å². The maximum absolute atomic E-state index is 12.3. The van der Waals surface area contributed by atoms with E-state index in [-0.39, 0.29) is 5.56 Å². The number of nitrogens with one attached hydrogen (secondary N) is 1. The van der Waals surface area contributed by atoms with E-state index in [0.717, 1.165) is 0 Å². The van der Waals surface area contributed by atoms with Gasteiger partial charge in [0.1, 0.15) is 12.4 Å². The molecule has 0 radical (unpaired) electrons. The normalized spacial score (nSPS) is 13.1. The molecule has 1 amide bonds. The van der Waals surface area contributed by atoms with Crippen molar-refractivity contribution < 1.29 is 14.7 Å². The first-order chi connectivity index (χ1) is 9.71. The van der Waals surface area contributed by atoms with Crippen LogP contribution < -0.4 is 5.32 Å². The molecule has 0 aliphatic heterocycles. The third kappa shape index (κ3) is 2.83. The SMILES string of the molecule is Cc1c(C(=O)NC(C(=O)O)C(C)(C)C)cnc2ncnn12. The first kappa shape index (κ1) is 14.9. The molecule has 0 aromatic carbocycles. The summed E-state index contributed by atoms with van der Waals surface area (Å²) in [5, 5.41) is 15.8. The molecule has 8 nitrogen and oxygen atoms in total. The molecule has 0 aliphatic rings. The molecule has 0 fully saturated rings. The van der Waals surface area contributed by atoms with E-state index in [1.807, 2.05) is 0 Å². The van der Waals surface area contributed by atoms with Gasteiger partial charge in [-0.2, -0.15) is 10.1 Å². The highest BCUT2D eigenvalue weighted by atomic mass is 16.4. The van der Waals surface area contributed by atoms with Gasteiger partial charge in [0, 0.05) is 6.20 Å². The van der Waals surface area contributed by atoms with Crippen LogP contribution in [-0.2, 0) is 4.79 Å². The van der Waals surface area contributed by atoms with E-state index >= 15 is 0 Å². The minimum absolute atomic E-state index is 0.267. The fourth-order valence-corrected chi connectivity index (χ4v) is 1.97. The fraction of sp³-hybridized carbons (Fsp3) is 0.462. The molecule has 8 heteroatoms. The topological polar surface area (TPSA) is 109 Å². The Hall–Kier alpha value is -2.51. The summed E-state index contributed by atoms with van der Waals surface area (Å²) in [6, 6.07) is -1.00. The predicted molar refractivity (Wildman–Crippen MR) is 73.9 cm³/mol. The van der Waals surface area contributed by atoms with Gasteiger partial charge in [-0.3, -0.25) is 4.79 Å². The van der Waals surface area contributed by atoms with Crippen LogP contribution >= 0.6 is 0 Å². The third-order valence-electron chi connectivity index (χ3n) is 3.18. The lowest BCUT2D eigenvalue weighted by molar-refractivity contribution is -0.142. The lowest BCUT2D eigenvalue weighted by Gasteiger charge is -2.27. The van der Waals surface area contributed by atoms with Crippen LogP contribution in [0.1, 0.15) is 36.8 Å². The Morgan fingerprint density at radius 1 is 1.33 bits per heavy atom. The molecule has 2 N–H and O–H groups in total. The fourth-order valence-electron chi connectivity index (χ4n) is 1.97. The number of aryl methyl sites for hydroxylation is 1. The first-order valence-electron chi connectivity index (χ1n) is 6.41. The summed E-state index contributed by atoms with van der Waals surface area (Å²) in [7, 11) is 0. The quantitative estimate of drug-likeness (QED) is 0.859. The summed E-state index contributed by atoms with van der Waals surface area (Å²) in [6.45, 7) is 6.94. The molecule has 0 aliphatic carbocycles. The van der Waals surface area contributed by atoms with Crippen LogP contribution in [0.3, 0.4) is 0 Å². The number of aliphatic carboxylic acids is 1. The van der Waals surface area contributed by atoms with Crippen molar-refractivity contribution in [3.63, 3.8) is 0 Å². The summed E-state index contributed by atoms with van der Waals surface area (Å²) in [4.78, 5) is 31.6. The molecule has 1 unspecified atom stereocenters. The van der Waals surface area contributed by atoms with Gasteiger partial charge in [-0.1, -0.05) is 20.8 Å². The van der Waals surface area contributed by atoms with Gasteiger partial charge >= 0.3 is 5.97 Å². The largest absolute Gasteiger partial charge is 0.480 e. The average Bonchev–Trinajstić information content (AvgIpc) is 2.83. The van der Waals surface area contributed by atoms with Gasteiger partial charge in [0.15, 0.2) is 0 Å². The Morgan fingerprint density at radius 2 is 2.00 bits per heavy atom. The monoisotopic (exact) mass is 291 g/mol. The van der Waals surface area contributed by atoms with Crippen LogP contribution in [0.4, 0.5) is 0 Å². The first-order valence-corrected chi connectivity index (χ1v) is 6.41. The lowest BCUT2D eigenvalue weighted by Crippen LogP contribution is -2.49.